The number of hydrogen-bond acceptors (Lipinski definition) is 4. The molecule has 0 bridgehead atoms. The van der Waals surface area contributed by atoms with Gasteiger partial charge in [-0.25, -0.2) is 4.79 Å². The lowest BCUT2D eigenvalue weighted by Crippen LogP contribution is -2.53. The minimum Gasteiger partial charge on any atom is -0.497 e. The number of anilines is 1. The van der Waals surface area contributed by atoms with Crippen molar-refractivity contribution in [3.63, 3.8) is 0 Å². The van der Waals surface area contributed by atoms with E-state index in [-0.39, 0.29) is 23.9 Å². The highest BCUT2D eigenvalue weighted by Crippen LogP contribution is 2.39. The van der Waals surface area contributed by atoms with Crippen LogP contribution in [0.4, 0.5) is 36.8 Å². The van der Waals surface area contributed by atoms with Crippen LogP contribution in [0.1, 0.15) is 43.0 Å². The standard InChI is InChI=1S/C30H32F6N4O2/c1-5-18-16-40(6-2)26(11-17(18)3)27(23-9-10-37-25-8-7-22(42-4)15-24(23)25)39-28(41)38-21-13-19(29(31,32)33)12-20(14-21)30(34,35)36/h5,7-10,12-15,17-18,26-27H,1,6,11,16H2,2-4H3,(H2,38,39,41)/t17-,18-,26+,27-/m0/s1. The fourth-order valence-corrected chi connectivity index (χ4v) is 5.57. The van der Waals surface area contributed by atoms with Gasteiger partial charge in [0.1, 0.15) is 5.75 Å². The zero-order chi connectivity index (χ0) is 30.8. The van der Waals surface area contributed by atoms with E-state index in [0.717, 1.165) is 0 Å². The first-order valence-corrected chi connectivity index (χ1v) is 13.4. The number of carbonyl (C=O) groups excluding carboxylic acids is 1. The Morgan fingerprint density at radius 1 is 1.12 bits per heavy atom. The van der Waals surface area contributed by atoms with Crippen LogP contribution in [-0.4, -0.2) is 42.2 Å². The maximum atomic E-state index is 13.4. The summed E-state index contributed by atoms with van der Waals surface area (Å²) in [4.78, 5) is 20.0. The Bertz CT molecular complexity index is 1410. The number of carbonyl (C=O) groups is 1. The second-order valence-corrected chi connectivity index (χ2v) is 10.4. The summed E-state index contributed by atoms with van der Waals surface area (Å²) in [6, 6.07) is 6.10. The number of rotatable bonds is 7. The highest BCUT2D eigenvalue weighted by Gasteiger charge is 2.39. The smallest absolute Gasteiger partial charge is 0.416 e. The Morgan fingerprint density at radius 3 is 2.36 bits per heavy atom. The molecule has 0 aliphatic carbocycles. The van der Waals surface area contributed by atoms with E-state index < -0.39 is 41.2 Å². The molecule has 12 heteroatoms. The van der Waals surface area contributed by atoms with Crippen LogP contribution < -0.4 is 15.4 Å². The molecule has 1 aromatic heterocycles. The van der Waals surface area contributed by atoms with Gasteiger partial charge < -0.3 is 15.4 Å². The summed E-state index contributed by atoms with van der Waals surface area (Å²) >= 11 is 0. The normalized spacial score (nSPS) is 20.6. The van der Waals surface area contributed by atoms with E-state index in [1.54, 1.807) is 30.5 Å². The van der Waals surface area contributed by atoms with Crippen molar-refractivity contribution in [1.82, 2.24) is 15.2 Å². The average Bonchev–Trinajstić information content (AvgIpc) is 2.94. The number of nitrogens with zero attached hydrogens (tertiary/aromatic N) is 2. The highest BCUT2D eigenvalue weighted by molar-refractivity contribution is 5.91. The first-order chi connectivity index (χ1) is 19.7. The van der Waals surface area contributed by atoms with Crippen molar-refractivity contribution in [2.24, 2.45) is 11.8 Å². The number of methoxy groups -OCH3 is 1. The van der Waals surface area contributed by atoms with Crippen molar-refractivity contribution in [2.75, 3.05) is 25.5 Å². The van der Waals surface area contributed by atoms with Crippen LogP contribution in [0.5, 0.6) is 5.75 Å². The van der Waals surface area contributed by atoms with Gasteiger partial charge in [0, 0.05) is 29.9 Å². The van der Waals surface area contributed by atoms with Gasteiger partial charge in [-0.15, -0.1) is 6.58 Å². The van der Waals surface area contributed by atoms with Crippen LogP contribution in [0, 0.1) is 11.8 Å². The molecule has 2 aromatic carbocycles. The molecule has 42 heavy (non-hydrogen) atoms. The largest absolute Gasteiger partial charge is 0.497 e. The van der Waals surface area contributed by atoms with Crippen LogP contribution in [-0.2, 0) is 12.4 Å². The molecule has 2 amide bonds. The van der Waals surface area contributed by atoms with Crippen molar-refractivity contribution >= 4 is 22.6 Å². The Kier molecular flexibility index (Phi) is 9.05. The first-order valence-electron chi connectivity index (χ1n) is 13.4. The van der Waals surface area contributed by atoms with Gasteiger partial charge in [-0.3, -0.25) is 9.88 Å². The predicted molar refractivity (Wildman–Crippen MR) is 148 cm³/mol. The van der Waals surface area contributed by atoms with E-state index in [1.807, 2.05) is 13.0 Å². The number of piperidine rings is 1. The lowest BCUT2D eigenvalue weighted by atomic mass is 9.79. The van der Waals surface area contributed by atoms with E-state index in [0.29, 0.717) is 53.9 Å². The number of alkyl halides is 6. The number of pyridine rings is 1. The minimum absolute atomic E-state index is 0.0148. The van der Waals surface area contributed by atoms with Gasteiger partial charge in [-0.2, -0.15) is 26.3 Å². The number of amides is 2. The molecule has 4 atom stereocenters. The van der Waals surface area contributed by atoms with E-state index in [1.165, 1.54) is 7.11 Å². The summed E-state index contributed by atoms with van der Waals surface area (Å²) in [5, 5.41) is 5.77. The zero-order valence-corrected chi connectivity index (χ0v) is 23.3. The van der Waals surface area contributed by atoms with Crippen molar-refractivity contribution < 1.29 is 35.9 Å². The van der Waals surface area contributed by atoms with E-state index >= 15 is 0 Å². The Labute approximate surface area is 239 Å². The molecule has 226 valence electrons. The minimum atomic E-state index is -5.05. The van der Waals surface area contributed by atoms with Gasteiger partial charge in [0.2, 0.25) is 0 Å². The average molecular weight is 595 g/mol. The molecule has 0 radical (unpaired) electrons. The summed E-state index contributed by atoms with van der Waals surface area (Å²) in [7, 11) is 1.52. The molecular formula is C30H32F6N4O2. The fourth-order valence-electron chi connectivity index (χ4n) is 5.57. The van der Waals surface area contributed by atoms with Crippen molar-refractivity contribution in [1.29, 1.82) is 0 Å². The molecule has 4 rings (SSSR count). The van der Waals surface area contributed by atoms with Crippen LogP contribution in [0.2, 0.25) is 0 Å². The number of urea groups is 1. The Balaban J connectivity index is 1.76. The molecule has 0 saturated carbocycles. The molecular weight excluding hydrogens is 562 g/mol. The number of benzene rings is 2. The highest BCUT2D eigenvalue weighted by atomic mass is 19.4. The lowest BCUT2D eigenvalue weighted by molar-refractivity contribution is -0.143. The second kappa shape index (κ2) is 12.2. The second-order valence-electron chi connectivity index (χ2n) is 10.4. The van der Waals surface area contributed by atoms with Crippen LogP contribution in [0.3, 0.4) is 0 Å². The molecule has 1 aliphatic rings. The SMILES string of the molecule is C=C[C@H]1CN(CC)[C@@H]([C@@H](NC(=O)Nc2cc(C(F)(F)F)cc(C(F)(F)F)c2)c2ccnc3ccc(OC)cc23)C[C@@H]1C. The third kappa shape index (κ3) is 6.80. The van der Waals surface area contributed by atoms with Gasteiger partial charge in [-0.1, -0.05) is 19.9 Å². The molecule has 1 aliphatic heterocycles. The molecule has 2 heterocycles. The van der Waals surface area contributed by atoms with Gasteiger partial charge >= 0.3 is 18.4 Å². The topological polar surface area (TPSA) is 66.5 Å². The molecule has 1 fully saturated rings. The number of likely N-dealkylation sites (N-methyl/N-ethyl adjacent to an activating group) is 1. The number of aromatic nitrogens is 1. The number of fused-ring (bicyclic) bond motifs is 1. The molecule has 3 aromatic rings. The van der Waals surface area contributed by atoms with Crippen molar-refractivity contribution in [3.05, 3.63) is 78.0 Å². The van der Waals surface area contributed by atoms with E-state index in [9.17, 15) is 31.1 Å². The van der Waals surface area contributed by atoms with Crippen molar-refractivity contribution in [2.45, 2.75) is 44.7 Å². The Hall–Kier alpha value is -3.80. The monoisotopic (exact) mass is 594 g/mol. The van der Waals surface area contributed by atoms with Gasteiger partial charge in [0.15, 0.2) is 0 Å². The number of hydrogen-bond donors (Lipinski definition) is 2. The maximum absolute atomic E-state index is 13.4. The molecule has 1 saturated heterocycles. The van der Waals surface area contributed by atoms with Crippen LogP contribution >= 0.6 is 0 Å². The molecule has 0 spiro atoms. The lowest BCUT2D eigenvalue weighted by Gasteiger charge is -2.45. The zero-order valence-electron chi connectivity index (χ0n) is 23.3. The Morgan fingerprint density at radius 2 is 1.79 bits per heavy atom. The summed E-state index contributed by atoms with van der Waals surface area (Å²) in [6.07, 6.45) is -5.96. The fraction of sp³-hybridized carbons (Fsp3) is 0.400. The molecule has 2 N–H and O–H groups in total. The van der Waals surface area contributed by atoms with E-state index in [4.69, 9.17) is 4.74 Å². The summed E-state index contributed by atoms with van der Waals surface area (Å²) in [6.45, 7) is 9.31. The van der Waals surface area contributed by atoms with Crippen LogP contribution in [0.15, 0.2) is 61.3 Å². The number of halogens is 6. The summed E-state index contributed by atoms with van der Waals surface area (Å²) in [5.41, 5.74) is -2.37. The molecule has 6 nitrogen and oxygen atoms in total. The number of likely N-dealkylation sites (tertiary alicyclic amines) is 1. The summed E-state index contributed by atoms with van der Waals surface area (Å²) in [5.74, 6) is 0.957. The van der Waals surface area contributed by atoms with Gasteiger partial charge in [0.05, 0.1) is 29.8 Å². The first kappa shape index (κ1) is 31.1. The maximum Gasteiger partial charge on any atom is 0.416 e. The third-order valence-corrected chi connectivity index (χ3v) is 7.80. The summed E-state index contributed by atoms with van der Waals surface area (Å²) < 4.78 is 85.9. The number of nitrogens with one attached hydrogen (secondary N) is 2. The van der Waals surface area contributed by atoms with Gasteiger partial charge in [-0.05, 0) is 72.8 Å². The molecule has 0 unspecified atom stereocenters. The van der Waals surface area contributed by atoms with Crippen LogP contribution in [0.25, 0.3) is 10.9 Å². The van der Waals surface area contributed by atoms with Crippen molar-refractivity contribution in [3.8, 4) is 5.75 Å². The third-order valence-electron chi connectivity index (χ3n) is 7.80. The van der Waals surface area contributed by atoms with E-state index in [2.05, 4.69) is 34.0 Å². The predicted octanol–water partition coefficient (Wildman–Crippen LogP) is 7.68. The van der Waals surface area contributed by atoms with Gasteiger partial charge in [0.25, 0.3) is 0 Å². The number of ether oxygens (including phenoxy) is 1. The quantitative estimate of drug-likeness (QED) is 0.218.